The van der Waals surface area contributed by atoms with Gasteiger partial charge in [-0.3, -0.25) is 9.59 Å². The van der Waals surface area contributed by atoms with Crippen LogP contribution in [-0.4, -0.2) is 37.0 Å². The van der Waals surface area contributed by atoms with Crippen LogP contribution >= 0.6 is 0 Å². The van der Waals surface area contributed by atoms with Crippen molar-refractivity contribution in [1.29, 1.82) is 0 Å². The third-order valence-electron chi connectivity index (χ3n) is 6.54. The van der Waals surface area contributed by atoms with Gasteiger partial charge in [-0.15, -0.1) is 0 Å². The van der Waals surface area contributed by atoms with Gasteiger partial charge in [-0.2, -0.15) is 13.2 Å². The molecule has 1 aliphatic heterocycles. The largest absolute Gasteiger partial charge is 0.416 e. The van der Waals surface area contributed by atoms with Crippen LogP contribution in [-0.2, 0) is 27.6 Å². The normalized spacial score (nSPS) is 20.3. The predicted molar refractivity (Wildman–Crippen MR) is 118 cm³/mol. The van der Waals surface area contributed by atoms with Gasteiger partial charge in [0.15, 0.2) is 0 Å². The second-order valence-electron chi connectivity index (χ2n) is 9.04. The summed E-state index contributed by atoms with van der Waals surface area (Å²) in [5, 5.41) is 8.97. The van der Waals surface area contributed by atoms with Crippen LogP contribution in [0.15, 0.2) is 48.5 Å². The highest BCUT2D eigenvalue weighted by Crippen LogP contribution is 2.50. The molecule has 2 unspecified atom stereocenters. The van der Waals surface area contributed by atoms with E-state index in [4.69, 9.17) is 0 Å². The van der Waals surface area contributed by atoms with Gasteiger partial charge in [0, 0.05) is 24.6 Å². The van der Waals surface area contributed by atoms with Gasteiger partial charge in [-0.05, 0) is 49.9 Å². The lowest BCUT2D eigenvalue weighted by Crippen LogP contribution is -2.55. The summed E-state index contributed by atoms with van der Waals surface area (Å²) in [5.41, 5.74) is -1.61. The lowest BCUT2D eigenvalue weighted by Gasteiger charge is -2.28. The van der Waals surface area contributed by atoms with Crippen LogP contribution in [0.2, 0.25) is 0 Å². The van der Waals surface area contributed by atoms with Crippen LogP contribution in [0.25, 0.3) is 0 Å². The maximum Gasteiger partial charge on any atom is 0.416 e. The van der Waals surface area contributed by atoms with E-state index in [1.165, 1.54) is 0 Å². The molecule has 182 valence electrons. The van der Waals surface area contributed by atoms with Gasteiger partial charge in [-0.25, -0.2) is 4.39 Å². The van der Waals surface area contributed by atoms with E-state index in [0.717, 1.165) is 37.1 Å². The molecule has 2 atom stereocenters. The molecule has 1 saturated carbocycles. The Labute approximate surface area is 195 Å². The van der Waals surface area contributed by atoms with Crippen LogP contribution in [0.1, 0.15) is 42.4 Å². The molecule has 34 heavy (non-hydrogen) atoms. The Morgan fingerprint density at radius 3 is 2.44 bits per heavy atom. The zero-order valence-electron chi connectivity index (χ0n) is 18.6. The third kappa shape index (κ3) is 5.41. The number of carbonyl (C=O) groups is 2. The maximum absolute atomic E-state index is 14.7. The molecule has 9 heteroatoms. The van der Waals surface area contributed by atoms with Crippen molar-refractivity contribution in [2.24, 2.45) is 0 Å². The van der Waals surface area contributed by atoms with Gasteiger partial charge in [0.25, 0.3) is 0 Å². The number of benzene rings is 2. The number of amides is 2. The van der Waals surface area contributed by atoms with Crippen molar-refractivity contribution in [1.82, 2.24) is 16.0 Å². The Morgan fingerprint density at radius 1 is 1.12 bits per heavy atom. The molecule has 0 spiro atoms. The summed E-state index contributed by atoms with van der Waals surface area (Å²) in [7, 11) is 0. The Morgan fingerprint density at radius 2 is 1.85 bits per heavy atom. The summed E-state index contributed by atoms with van der Waals surface area (Å²) >= 11 is 0. The van der Waals surface area contributed by atoms with Crippen molar-refractivity contribution in [3.05, 3.63) is 71.0 Å². The average molecular weight is 478 g/mol. The summed E-state index contributed by atoms with van der Waals surface area (Å²) in [6.45, 7) is 1.52. The SMILES string of the molecule is O=C(NC1CCCNC1)C(Cc1ccccc1)NC(=O)C1(c2ccc(C(F)(F)F)cc2F)CC1. The summed E-state index contributed by atoms with van der Waals surface area (Å²) in [6.07, 6.45) is -2.08. The fourth-order valence-corrected chi connectivity index (χ4v) is 4.46. The molecular formula is C25H27F4N3O2. The van der Waals surface area contributed by atoms with Gasteiger partial charge in [0.1, 0.15) is 11.9 Å². The monoisotopic (exact) mass is 477 g/mol. The first-order chi connectivity index (χ1) is 16.2. The molecule has 5 nitrogen and oxygen atoms in total. The lowest BCUT2D eigenvalue weighted by atomic mass is 9.92. The zero-order valence-corrected chi connectivity index (χ0v) is 18.6. The Bertz CT molecular complexity index is 1030. The highest BCUT2D eigenvalue weighted by Gasteiger charge is 2.53. The van der Waals surface area contributed by atoms with E-state index in [-0.39, 0.29) is 23.9 Å². The van der Waals surface area contributed by atoms with Crippen molar-refractivity contribution in [2.75, 3.05) is 13.1 Å². The van der Waals surface area contributed by atoms with Crippen molar-refractivity contribution in [3.8, 4) is 0 Å². The molecule has 2 aromatic rings. The van der Waals surface area contributed by atoms with Gasteiger partial charge < -0.3 is 16.0 Å². The molecular weight excluding hydrogens is 450 g/mol. The van der Waals surface area contributed by atoms with Crippen molar-refractivity contribution in [3.63, 3.8) is 0 Å². The predicted octanol–water partition coefficient (Wildman–Crippen LogP) is 3.47. The Kier molecular flexibility index (Phi) is 6.93. The van der Waals surface area contributed by atoms with Gasteiger partial charge in [-0.1, -0.05) is 36.4 Å². The molecule has 2 fully saturated rings. The maximum atomic E-state index is 14.7. The fourth-order valence-electron chi connectivity index (χ4n) is 4.46. The summed E-state index contributed by atoms with van der Waals surface area (Å²) in [5.74, 6) is -1.96. The Hall–Kier alpha value is -2.94. The zero-order chi connectivity index (χ0) is 24.3. The van der Waals surface area contributed by atoms with E-state index < -0.39 is 34.9 Å². The standard InChI is InChI=1S/C25H27F4N3O2/c26-20-14-17(25(27,28)29)8-9-19(20)24(10-11-24)23(34)32-21(13-16-5-2-1-3-6-16)22(33)31-18-7-4-12-30-15-18/h1-3,5-6,8-9,14,18,21,30H,4,7,10-13,15H2,(H,31,33)(H,32,34). The van der Waals surface area contributed by atoms with Gasteiger partial charge >= 0.3 is 6.18 Å². The highest BCUT2D eigenvalue weighted by molar-refractivity contribution is 5.95. The molecule has 0 radical (unpaired) electrons. The summed E-state index contributed by atoms with van der Waals surface area (Å²) in [4.78, 5) is 26.4. The average Bonchev–Trinajstić information content (AvgIpc) is 3.61. The van der Waals surface area contributed by atoms with Gasteiger partial charge in [0.05, 0.1) is 11.0 Å². The van der Waals surface area contributed by atoms with Crippen molar-refractivity contribution in [2.45, 2.75) is 55.8 Å². The second-order valence-corrected chi connectivity index (χ2v) is 9.04. The van der Waals surface area contributed by atoms with Crippen LogP contribution in [0, 0.1) is 5.82 Å². The van der Waals surface area contributed by atoms with Crippen LogP contribution in [0.3, 0.4) is 0 Å². The minimum atomic E-state index is -4.68. The molecule has 2 aromatic carbocycles. The minimum Gasteiger partial charge on any atom is -0.350 e. The van der Waals surface area contributed by atoms with E-state index in [0.29, 0.717) is 25.5 Å². The highest BCUT2D eigenvalue weighted by atomic mass is 19.4. The first-order valence-corrected chi connectivity index (χ1v) is 11.4. The van der Waals surface area contributed by atoms with E-state index in [1.807, 2.05) is 30.3 Å². The van der Waals surface area contributed by atoms with Crippen molar-refractivity contribution < 1.29 is 27.2 Å². The van der Waals surface area contributed by atoms with Crippen LogP contribution < -0.4 is 16.0 Å². The van der Waals surface area contributed by atoms with Gasteiger partial charge in [0.2, 0.25) is 11.8 Å². The first kappa shape index (κ1) is 24.2. The smallest absolute Gasteiger partial charge is 0.350 e. The quantitative estimate of drug-likeness (QED) is 0.535. The summed E-state index contributed by atoms with van der Waals surface area (Å²) in [6, 6.07) is 10.5. The molecule has 0 bridgehead atoms. The minimum absolute atomic E-state index is 0.0568. The summed E-state index contributed by atoms with van der Waals surface area (Å²) < 4.78 is 53.5. The molecule has 1 heterocycles. The number of hydrogen-bond donors (Lipinski definition) is 3. The number of alkyl halides is 3. The van der Waals surface area contributed by atoms with Crippen LogP contribution in [0.4, 0.5) is 17.6 Å². The Balaban J connectivity index is 1.53. The number of carbonyl (C=O) groups excluding carboxylic acids is 2. The van der Waals surface area contributed by atoms with E-state index in [2.05, 4.69) is 16.0 Å². The first-order valence-electron chi connectivity index (χ1n) is 11.4. The fraction of sp³-hybridized carbons (Fsp3) is 0.440. The molecule has 1 aliphatic carbocycles. The van der Waals surface area contributed by atoms with E-state index >= 15 is 0 Å². The second kappa shape index (κ2) is 9.74. The molecule has 2 amide bonds. The van der Waals surface area contributed by atoms with Crippen molar-refractivity contribution >= 4 is 11.8 Å². The molecule has 3 N–H and O–H groups in total. The topological polar surface area (TPSA) is 70.2 Å². The number of rotatable bonds is 7. The number of halogens is 4. The third-order valence-corrected chi connectivity index (χ3v) is 6.54. The van der Waals surface area contributed by atoms with E-state index in [9.17, 15) is 27.2 Å². The van der Waals surface area contributed by atoms with Crippen LogP contribution in [0.5, 0.6) is 0 Å². The molecule has 4 rings (SSSR count). The lowest BCUT2D eigenvalue weighted by molar-refractivity contribution is -0.137. The molecule has 0 aromatic heterocycles. The van der Waals surface area contributed by atoms with E-state index in [1.54, 1.807) is 0 Å². The number of hydrogen-bond acceptors (Lipinski definition) is 3. The number of nitrogens with one attached hydrogen (secondary N) is 3. The number of piperidine rings is 1. The molecule has 2 aliphatic rings. The molecule has 1 saturated heterocycles.